The van der Waals surface area contributed by atoms with Gasteiger partial charge in [0.25, 0.3) is 0 Å². The molecule has 0 radical (unpaired) electrons. The SMILES string of the molecule is CC(C)(C)OC(=O)NC(CCC(=O)OCc1ccccc1)C(=O)Nc1cccc(Oc2ccccc2)c1. The average molecular weight is 505 g/mol. The third-order valence-corrected chi connectivity index (χ3v) is 4.97. The molecule has 0 heterocycles. The van der Waals surface area contributed by atoms with Crippen LogP contribution in [0.4, 0.5) is 10.5 Å². The van der Waals surface area contributed by atoms with Crippen LogP contribution in [0.5, 0.6) is 11.5 Å². The summed E-state index contributed by atoms with van der Waals surface area (Å²) in [5, 5.41) is 5.34. The molecule has 0 saturated heterocycles. The largest absolute Gasteiger partial charge is 0.461 e. The van der Waals surface area contributed by atoms with E-state index in [1.807, 2.05) is 60.7 Å². The second kappa shape index (κ2) is 13.1. The van der Waals surface area contributed by atoms with Gasteiger partial charge in [0.1, 0.15) is 29.7 Å². The van der Waals surface area contributed by atoms with Crippen LogP contribution in [-0.2, 0) is 25.7 Å². The highest BCUT2D eigenvalue weighted by molar-refractivity contribution is 5.97. The second-order valence-electron chi connectivity index (χ2n) is 9.32. The molecule has 0 fully saturated rings. The van der Waals surface area contributed by atoms with Crippen molar-refractivity contribution in [3.8, 4) is 11.5 Å². The van der Waals surface area contributed by atoms with E-state index in [1.54, 1.807) is 45.0 Å². The Balaban J connectivity index is 1.63. The molecule has 2 N–H and O–H groups in total. The molecule has 3 rings (SSSR count). The molecule has 3 aromatic rings. The first-order chi connectivity index (χ1) is 17.7. The lowest BCUT2D eigenvalue weighted by Gasteiger charge is -2.23. The van der Waals surface area contributed by atoms with E-state index in [2.05, 4.69) is 10.6 Å². The summed E-state index contributed by atoms with van der Waals surface area (Å²) in [5.41, 5.74) is 0.582. The van der Waals surface area contributed by atoms with Gasteiger partial charge in [-0.15, -0.1) is 0 Å². The first-order valence-corrected chi connectivity index (χ1v) is 12.0. The first-order valence-electron chi connectivity index (χ1n) is 12.0. The number of hydrogen-bond donors (Lipinski definition) is 2. The number of esters is 1. The molecule has 1 atom stereocenters. The molecule has 8 nitrogen and oxygen atoms in total. The average Bonchev–Trinajstić information content (AvgIpc) is 2.85. The van der Waals surface area contributed by atoms with Gasteiger partial charge in [-0.2, -0.15) is 0 Å². The Morgan fingerprint density at radius 3 is 2.16 bits per heavy atom. The van der Waals surface area contributed by atoms with Crippen LogP contribution >= 0.6 is 0 Å². The van der Waals surface area contributed by atoms with E-state index in [-0.39, 0.29) is 19.4 Å². The van der Waals surface area contributed by atoms with E-state index >= 15 is 0 Å². The van der Waals surface area contributed by atoms with Crippen LogP contribution in [0.25, 0.3) is 0 Å². The highest BCUT2D eigenvalue weighted by atomic mass is 16.6. The van der Waals surface area contributed by atoms with Gasteiger partial charge in [-0.1, -0.05) is 54.6 Å². The fourth-order valence-corrected chi connectivity index (χ4v) is 3.28. The summed E-state index contributed by atoms with van der Waals surface area (Å²) in [6, 6.07) is 24.4. The van der Waals surface area contributed by atoms with Gasteiger partial charge in [0.05, 0.1) is 0 Å². The fraction of sp³-hybridized carbons (Fsp3) is 0.276. The van der Waals surface area contributed by atoms with Crippen LogP contribution in [0.3, 0.4) is 0 Å². The zero-order chi connectivity index (χ0) is 26.7. The molecular formula is C29H32N2O6. The van der Waals surface area contributed by atoms with Crippen LogP contribution in [-0.4, -0.2) is 29.6 Å². The quantitative estimate of drug-likeness (QED) is 0.337. The van der Waals surface area contributed by atoms with Gasteiger partial charge in [-0.25, -0.2) is 4.79 Å². The number of hydrogen-bond acceptors (Lipinski definition) is 6. The number of alkyl carbamates (subject to hydrolysis) is 1. The standard InChI is InChI=1S/C29H32N2O6/c1-29(2,3)37-28(34)31-25(17-18-26(32)35-20-21-11-6-4-7-12-21)27(33)30-22-13-10-16-24(19-22)36-23-14-8-5-9-15-23/h4-16,19,25H,17-18,20H2,1-3H3,(H,30,33)(H,31,34). The molecule has 3 aromatic carbocycles. The minimum Gasteiger partial charge on any atom is -0.461 e. The van der Waals surface area contributed by atoms with Crippen LogP contribution in [0.15, 0.2) is 84.9 Å². The van der Waals surface area contributed by atoms with Gasteiger partial charge in [0.2, 0.25) is 5.91 Å². The summed E-state index contributed by atoms with van der Waals surface area (Å²) in [4.78, 5) is 37.8. The Morgan fingerprint density at radius 2 is 1.49 bits per heavy atom. The number of ether oxygens (including phenoxy) is 3. The Labute approximate surface area is 216 Å². The van der Waals surface area contributed by atoms with Crippen molar-refractivity contribution in [1.29, 1.82) is 0 Å². The number of para-hydroxylation sites is 1. The molecule has 37 heavy (non-hydrogen) atoms. The summed E-state index contributed by atoms with van der Waals surface area (Å²) in [5.74, 6) is 0.207. The van der Waals surface area contributed by atoms with Crippen molar-refractivity contribution in [3.05, 3.63) is 90.5 Å². The molecule has 0 spiro atoms. The minimum absolute atomic E-state index is 0.0267. The Bertz CT molecular complexity index is 1180. The number of benzene rings is 3. The van der Waals surface area contributed by atoms with E-state index < -0.39 is 29.6 Å². The van der Waals surface area contributed by atoms with Gasteiger partial charge in [0, 0.05) is 18.2 Å². The number of nitrogens with one attached hydrogen (secondary N) is 2. The lowest BCUT2D eigenvalue weighted by Crippen LogP contribution is -2.46. The maximum atomic E-state index is 13.1. The first kappa shape index (κ1) is 27.3. The molecule has 0 aromatic heterocycles. The summed E-state index contributed by atoms with van der Waals surface area (Å²) in [6.45, 7) is 5.30. The molecule has 0 bridgehead atoms. The van der Waals surface area contributed by atoms with E-state index in [0.717, 1.165) is 5.56 Å². The van der Waals surface area contributed by atoms with Crippen molar-refractivity contribution in [1.82, 2.24) is 5.32 Å². The van der Waals surface area contributed by atoms with Crippen molar-refractivity contribution >= 4 is 23.7 Å². The predicted octanol–water partition coefficient (Wildman–Crippen LogP) is 5.83. The second-order valence-corrected chi connectivity index (χ2v) is 9.32. The number of anilines is 1. The van der Waals surface area contributed by atoms with Crippen molar-refractivity contribution in [2.24, 2.45) is 0 Å². The van der Waals surface area contributed by atoms with Crippen LogP contribution in [0.1, 0.15) is 39.2 Å². The zero-order valence-corrected chi connectivity index (χ0v) is 21.2. The minimum atomic E-state index is -1.03. The Kier molecular flexibility index (Phi) is 9.66. The topological polar surface area (TPSA) is 103 Å². The summed E-state index contributed by atoms with van der Waals surface area (Å²) < 4.78 is 16.4. The van der Waals surface area contributed by atoms with Crippen molar-refractivity contribution in [2.45, 2.75) is 51.9 Å². The summed E-state index contributed by atoms with van der Waals surface area (Å²) in [7, 11) is 0. The van der Waals surface area contributed by atoms with Gasteiger partial charge >= 0.3 is 12.1 Å². The third-order valence-electron chi connectivity index (χ3n) is 4.97. The zero-order valence-electron chi connectivity index (χ0n) is 21.2. The summed E-state index contributed by atoms with van der Waals surface area (Å²) >= 11 is 0. The molecule has 0 saturated carbocycles. The molecule has 194 valence electrons. The number of amides is 2. The van der Waals surface area contributed by atoms with E-state index in [0.29, 0.717) is 17.2 Å². The lowest BCUT2D eigenvalue weighted by molar-refractivity contribution is -0.145. The molecule has 0 aliphatic heterocycles. The van der Waals surface area contributed by atoms with Crippen LogP contribution < -0.4 is 15.4 Å². The molecule has 1 unspecified atom stereocenters. The van der Waals surface area contributed by atoms with Crippen LogP contribution in [0.2, 0.25) is 0 Å². The van der Waals surface area contributed by atoms with Gasteiger partial charge in [-0.05, 0) is 57.0 Å². The molecule has 8 heteroatoms. The van der Waals surface area contributed by atoms with Gasteiger partial charge in [-0.3, -0.25) is 9.59 Å². The number of carbonyl (C=O) groups is 3. The number of rotatable bonds is 10. The van der Waals surface area contributed by atoms with Gasteiger partial charge < -0.3 is 24.8 Å². The van der Waals surface area contributed by atoms with E-state index in [9.17, 15) is 14.4 Å². The Hall–Kier alpha value is -4.33. The van der Waals surface area contributed by atoms with Crippen molar-refractivity contribution in [3.63, 3.8) is 0 Å². The maximum absolute atomic E-state index is 13.1. The monoisotopic (exact) mass is 504 g/mol. The third kappa shape index (κ3) is 10.0. The molecular weight excluding hydrogens is 472 g/mol. The van der Waals surface area contributed by atoms with Crippen molar-refractivity contribution in [2.75, 3.05) is 5.32 Å². The van der Waals surface area contributed by atoms with E-state index in [1.165, 1.54) is 0 Å². The molecule has 0 aliphatic rings. The molecule has 0 aliphatic carbocycles. The van der Waals surface area contributed by atoms with Crippen LogP contribution in [0, 0.1) is 0 Å². The Morgan fingerprint density at radius 1 is 0.838 bits per heavy atom. The normalized spacial score (nSPS) is 11.6. The highest BCUT2D eigenvalue weighted by Crippen LogP contribution is 2.24. The highest BCUT2D eigenvalue weighted by Gasteiger charge is 2.25. The number of carbonyl (C=O) groups excluding carboxylic acids is 3. The maximum Gasteiger partial charge on any atom is 0.408 e. The predicted molar refractivity (Wildman–Crippen MR) is 140 cm³/mol. The van der Waals surface area contributed by atoms with Gasteiger partial charge in [0.15, 0.2) is 0 Å². The van der Waals surface area contributed by atoms with Crippen molar-refractivity contribution < 1.29 is 28.6 Å². The van der Waals surface area contributed by atoms with E-state index in [4.69, 9.17) is 14.2 Å². The lowest BCUT2D eigenvalue weighted by atomic mass is 10.1. The summed E-state index contributed by atoms with van der Waals surface area (Å²) in [6.07, 6.45) is -0.803. The smallest absolute Gasteiger partial charge is 0.408 e. The molecule has 2 amide bonds. The fourth-order valence-electron chi connectivity index (χ4n) is 3.28.